The highest BCUT2D eigenvalue weighted by molar-refractivity contribution is 7.90. The summed E-state index contributed by atoms with van der Waals surface area (Å²) in [6, 6.07) is 6.58. The second-order valence-corrected chi connectivity index (χ2v) is 6.52. The molecule has 1 saturated heterocycles. The molecule has 0 atom stereocenters. The van der Waals surface area contributed by atoms with Gasteiger partial charge in [-0.1, -0.05) is 12.1 Å². The summed E-state index contributed by atoms with van der Waals surface area (Å²) in [4.78, 5) is 15.8. The van der Waals surface area contributed by atoms with E-state index in [0.29, 0.717) is 18.8 Å². The predicted octanol–water partition coefficient (Wildman–Crippen LogP) is -0.345. The van der Waals surface area contributed by atoms with Gasteiger partial charge < -0.3 is 15.1 Å². The van der Waals surface area contributed by atoms with Crippen molar-refractivity contribution < 1.29 is 13.2 Å². The monoisotopic (exact) mass is 308 g/mol. The highest BCUT2D eigenvalue weighted by atomic mass is 32.2. The molecule has 0 bridgehead atoms. The van der Waals surface area contributed by atoms with Gasteiger partial charge >= 0.3 is 0 Å². The first-order valence-electron chi connectivity index (χ1n) is 6.72. The summed E-state index contributed by atoms with van der Waals surface area (Å²) in [5.74, 6) is -0.0305. The number of hydrogen-bond acceptors (Lipinski definition) is 5. The van der Waals surface area contributed by atoms with Crippen LogP contribution in [0.1, 0.15) is 0 Å². The lowest BCUT2D eigenvalue weighted by molar-refractivity contribution is -0.130. The normalized spacial score (nSPS) is 20.2. The Morgan fingerprint density at radius 2 is 1.95 bits per heavy atom. The second kappa shape index (κ2) is 5.45. The van der Waals surface area contributed by atoms with Crippen molar-refractivity contribution in [1.82, 2.24) is 10.2 Å². The molecule has 112 valence electrons. The fourth-order valence-electron chi connectivity index (χ4n) is 2.44. The fourth-order valence-corrected chi connectivity index (χ4v) is 3.49. The molecule has 1 amide bonds. The third-order valence-corrected chi connectivity index (χ3v) is 4.83. The average Bonchev–Trinajstić information content (AvgIpc) is 2.51. The van der Waals surface area contributed by atoms with Crippen molar-refractivity contribution in [1.29, 1.82) is 0 Å². The summed E-state index contributed by atoms with van der Waals surface area (Å²) in [5.41, 5.74) is 0.496. The predicted molar refractivity (Wildman–Crippen MR) is 78.9 cm³/mol. The molecule has 2 aliphatic heterocycles. The topological polar surface area (TPSA) is 82.1 Å². The zero-order valence-corrected chi connectivity index (χ0v) is 12.2. The van der Waals surface area contributed by atoms with Gasteiger partial charge in [0.2, 0.25) is 5.91 Å². The van der Waals surface area contributed by atoms with Crippen molar-refractivity contribution in [3.05, 3.63) is 24.3 Å². The van der Waals surface area contributed by atoms with Crippen molar-refractivity contribution in [2.45, 2.75) is 4.90 Å². The van der Waals surface area contributed by atoms with Gasteiger partial charge in [-0.05, 0) is 12.1 Å². The molecule has 1 N–H and O–H groups in total. The van der Waals surface area contributed by atoms with Crippen LogP contribution in [0.4, 0.5) is 5.69 Å². The summed E-state index contributed by atoms with van der Waals surface area (Å²) in [5, 5.41) is 3.19. The first-order valence-corrected chi connectivity index (χ1v) is 8.16. The lowest BCUT2D eigenvalue weighted by atomic mass is 10.3. The number of anilines is 1. The number of benzene rings is 1. The number of rotatable bonds is 2. The first kappa shape index (κ1) is 14.0. The molecule has 0 aliphatic carbocycles. The van der Waals surface area contributed by atoms with Crippen molar-refractivity contribution in [3.63, 3.8) is 0 Å². The summed E-state index contributed by atoms with van der Waals surface area (Å²) >= 11 is 0. The molecule has 0 unspecified atom stereocenters. The smallest absolute Gasteiger partial charge is 0.285 e. The third kappa shape index (κ3) is 2.77. The Balaban J connectivity index is 1.82. The van der Waals surface area contributed by atoms with Gasteiger partial charge in [0.25, 0.3) is 10.0 Å². The van der Waals surface area contributed by atoms with Gasteiger partial charge in [0, 0.05) is 26.2 Å². The molecule has 21 heavy (non-hydrogen) atoms. The Labute approximate surface area is 123 Å². The minimum atomic E-state index is -3.64. The van der Waals surface area contributed by atoms with Crippen LogP contribution in [0, 0.1) is 0 Å². The fraction of sp³-hybridized carbons (Fsp3) is 0.385. The van der Waals surface area contributed by atoms with Gasteiger partial charge in [0.05, 0.1) is 5.69 Å². The number of sulfonamides is 1. The molecule has 1 aromatic rings. The van der Waals surface area contributed by atoms with Crippen LogP contribution in [0.15, 0.2) is 33.6 Å². The summed E-state index contributed by atoms with van der Waals surface area (Å²) in [6.07, 6.45) is 1.22. The number of fused-ring (bicyclic) bond motifs is 1. The van der Waals surface area contributed by atoms with Gasteiger partial charge in [-0.2, -0.15) is 8.42 Å². The van der Waals surface area contributed by atoms with Crippen molar-refractivity contribution >= 4 is 28.0 Å². The SMILES string of the molecule is O=C(CN1C=NS(=O)(=O)c2ccccc21)N1CCNCC1. The van der Waals surface area contributed by atoms with Gasteiger partial charge in [0.1, 0.15) is 17.8 Å². The molecule has 0 spiro atoms. The number of carbonyl (C=O) groups excluding carboxylic acids is 1. The quantitative estimate of drug-likeness (QED) is 0.808. The first-order chi connectivity index (χ1) is 10.1. The standard InChI is InChI=1S/C13H16N4O3S/c18-13(16-7-5-14-6-8-16)9-17-10-15-21(19,20)12-4-2-1-3-11(12)17/h1-4,10,14H,5-9H2. The molecule has 8 heteroatoms. The number of hydrogen-bond donors (Lipinski definition) is 1. The minimum absolute atomic E-state index is 0.0305. The van der Waals surface area contributed by atoms with E-state index < -0.39 is 10.0 Å². The van der Waals surface area contributed by atoms with Crippen molar-refractivity contribution in [3.8, 4) is 0 Å². The maximum Gasteiger partial charge on any atom is 0.285 e. The summed E-state index contributed by atoms with van der Waals surface area (Å²) in [7, 11) is -3.64. The van der Waals surface area contributed by atoms with Crippen LogP contribution in [-0.2, 0) is 14.8 Å². The van der Waals surface area contributed by atoms with E-state index in [9.17, 15) is 13.2 Å². The van der Waals surface area contributed by atoms with E-state index >= 15 is 0 Å². The van der Waals surface area contributed by atoms with Crippen LogP contribution in [0.3, 0.4) is 0 Å². The van der Waals surface area contributed by atoms with E-state index in [1.54, 1.807) is 28.0 Å². The van der Waals surface area contributed by atoms with Crippen LogP contribution < -0.4 is 10.2 Å². The van der Waals surface area contributed by atoms with Gasteiger partial charge in [-0.3, -0.25) is 4.79 Å². The molecule has 0 saturated carbocycles. The van der Waals surface area contributed by atoms with Crippen molar-refractivity contribution in [2.75, 3.05) is 37.6 Å². The number of carbonyl (C=O) groups is 1. The number of amides is 1. The van der Waals surface area contributed by atoms with E-state index in [2.05, 4.69) is 9.71 Å². The largest absolute Gasteiger partial charge is 0.339 e. The lowest BCUT2D eigenvalue weighted by Gasteiger charge is -2.31. The number of nitrogens with zero attached hydrogens (tertiary/aromatic N) is 3. The van der Waals surface area contributed by atoms with Crippen LogP contribution in [0.25, 0.3) is 0 Å². The molecule has 2 aliphatic rings. The summed E-state index contributed by atoms with van der Waals surface area (Å²) in [6.45, 7) is 3.00. The summed E-state index contributed by atoms with van der Waals surface area (Å²) < 4.78 is 27.3. The van der Waals surface area contributed by atoms with E-state index in [0.717, 1.165) is 13.1 Å². The van der Waals surface area contributed by atoms with Crippen molar-refractivity contribution in [2.24, 2.45) is 4.40 Å². The van der Waals surface area contributed by atoms with E-state index in [-0.39, 0.29) is 17.3 Å². The molecule has 2 heterocycles. The Morgan fingerprint density at radius 1 is 1.24 bits per heavy atom. The van der Waals surface area contributed by atoms with Gasteiger partial charge in [0.15, 0.2) is 0 Å². The second-order valence-electron chi connectivity index (χ2n) is 4.92. The highest BCUT2D eigenvalue weighted by Crippen LogP contribution is 2.28. The van der Waals surface area contributed by atoms with Crippen LogP contribution in [-0.4, -0.2) is 58.3 Å². The Morgan fingerprint density at radius 3 is 2.71 bits per heavy atom. The number of nitrogens with one attached hydrogen (secondary N) is 1. The van der Waals surface area contributed by atoms with E-state index in [4.69, 9.17) is 0 Å². The van der Waals surface area contributed by atoms with Gasteiger partial charge in [-0.15, -0.1) is 4.40 Å². The molecule has 7 nitrogen and oxygen atoms in total. The maximum atomic E-state index is 12.3. The lowest BCUT2D eigenvalue weighted by Crippen LogP contribution is -2.49. The molecular weight excluding hydrogens is 292 g/mol. The Kier molecular flexibility index (Phi) is 3.64. The number of para-hydroxylation sites is 1. The Hall–Kier alpha value is -1.93. The van der Waals surface area contributed by atoms with Crippen LogP contribution in [0.5, 0.6) is 0 Å². The molecule has 0 aromatic heterocycles. The van der Waals surface area contributed by atoms with E-state index in [1.807, 2.05) is 0 Å². The molecule has 3 rings (SSSR count). The Bertz CT molecular complexity index is 680. The number of piperazine rings is 1. The van der Waals surface area contributed by atoms with Crippen LogP contribution >= 0.6 is 0 Å². The highest BCUT2D eigenvalue weighted by Gasteiger charge is 2.27. The average molecular weight is 308 g/mol. The van der Waals surface area contributed by atoms with Gasteiger partial charge in [-0.25, -0.2) is 0 Å². The molecule has 0 radical (unpaired) electrons. The molecule has 1 aromatic carbocycles. The molecule has 1 fully saturated rings. The zero-order chi connectivity index (χ0) is 14.9. The third-order valence-electron chi connectivity index (χ3n) is 3.55. The van der Waals surface area contributed by atoms with E-state index in [1.165, 1.54) is 12.4 Å². The maximum absolute atomic E-state index is 12.3. The minimum Gasteiger partial charge on any atom is -0.339 e. The molecular formula is C13H16N4O3S. The zero-order valence-electron chi connectivity index (χ0n) is 11.4. The van der Waals surface area contributed by atoms with Crippen LogP contribution in [0.2, 0.25) is 0 Å².